The van der Waals surface area contributed by atoms with E-state index in [2.05, 4.69) is 0 Å². The van der Waals surface area contributed by atoms with Gasteiger partial charge in [-0.2, -0.15) is 0 Å². The van der Waals surface area contributed by atoms with Crippen molar-refractivity contribution in [3.8, 4) is 0 Å². The quantitative estimate of drug-likeness (QED) is 0.636. The van der Waals surface area contributed by atoms with Gasteiger partial charge >= 0.3 is 0 Å². The highest BCUT2D eigenvalue weighted by Crippen LogP contribution is 2.22. The van der Waals surface area contributed by atoms with Crippen molar-refractivity contribution in [1.82, 2.24) is 4.31 Å². The highest BCUT2D eigenvalue weighted by Gasteiger charge is 2.30. The van der Waals surface area contributed by atoms with Crippen molar-refractivity contribution in [3.05, 3.63) is 39.9 Å². The van der Waals surface area contributed by atoms with E-state index in [9.17, 15) is 18.5 Å². The molecule has 1 aliphatic rings. The minimum Gasteiger partial charge on any atom is -0.330 e. The predicted octanol–water partition coefficient (Wildman–Crippen LogP) is 0.705. The van der Waals surface area contributed by atoms with Crippen LogP contribution in [-0.4, -0.2) is 37.3 Å². The van der Waals surface area contributed by atoms with E-state index in [0.717, 1.165) is 6.42 Å². The molecule has 2 N–H and O–H groups in total. The lowest BCUT2D eigenvalue weighted by atomic mass is 10.1. The van der Waals surface area contributed by atoms with Crippen molar-refractivity contribution in [2.75, 3.05) is 19.6 Å². The fourth-order valence-electron chi connectivity index (χ4n) is 2.26. The van der Waals surface area contributed by atoms with Crippen LogP contribution in [0.15, 0.2) is 24.3 Å². The van der Waals surface area contributed by atoms with E-state index in [4.69, 9.17) is 5.73 Å². The molecule has 1 aromatic rings. The Bertz CT molecular complexity index is 585. The maximum absolute atomic E-state index is 12.2. The molecular weight excluding hydrogens is 282 g/mol. The van der Waals surface area contributed by atoms with Crippen molar-refractivity contribution in [1.29, 1.82) is 0 Å². The molecule has 0 aromatic heterocycles. The summed E-state index contributed by atoms with van der Waals surface area (Å²) < 4.78 is 25.9. The molecule has 1 aliphatic heterocycles. The van der Waals surface area contributed by atoms with Crippen LogP contribution in [0, 0.1) is 16.0 Å². The molecule has 1 aromatic carbocycles. The topological polar surface area (TPSA) is 107 Å². The third-order valence-electron chi connectivity index (χ3n) is 3.47. The number of nitro benzene ring substituents is 1. The van der Waals surface area contributed by atoms with Gasteiger partial charge in [-0.3, -0.25) is 10.1 Å². The van der Waals surface area contributed by atoms with E-state index in [1.165, 1.54) is 28.6 Å². The average Bonchev–Trinajstić information content (AvgIpc) is 2.88. The Morgan fingerprint density at radius 3 is 2.50 bits per heavy atom. The molecule has 2 rings (SSSR count). The van der Waals surface area contributed by atoms with Crippen LogP contribution in [-0.2, 0) is 15.8 Å². The van der Waals surface area contributed by atoms with Gasteiger partial charge in [-0.1, -0.05) is 12.1 Å². The second-order valence-corrected chi connectivity index (χ2v) is 6.90. The molecule has 1 saturated heterocycles. The smallest absolute Gasteiger partial charge is 0.269 e. The first-order valence-electron chi connectivity index (χ1n) is 6.33. The second kappa shape index (κ2) is 5.86. The van der Waals surface area contributed by atoms with E-state index >= 15 is 0 Å². The van der Waals surface area contributed by atoms with Gasteiger partial charge in [-0.15, -0.1) is 0 Å². The number of nitro groups is 1. The zero-order valence-corrected chi connectivity index (χ0v) is 11.8. The molecule has 0 radical (unpaired) electrons. The van der Waals surface area contributed by atoms with Crippen molar-refractivity contribution >= 4 is 15.7 Å². The van der Waals surface area contributed by atoms with Crippen LogP contribution in [0.4, 0.5) is 5.69 Å². The average molecular weight is 299 g/mol. The highest BCUT2D eigenvalue weighted by atomic mass is 32.2. The molecule has 20 heavy (non-hydrogen) atoms. The van der Waals surface area contributed by atoms with Crippen molar-refractivity contribution in [2.45, 2.75) is 12.2 Å². The lowest BCUT2D eigenvalue weighted by Gasteiger charge is -2.16. The number of sulfonamides is 1. The van der Waals surface area contributed by atoms with Crippen LogP contribution >= 0.6 is 0 Å². The van der Waals surface area contributed by atoms with E-state index in [0.29, 0.717) is 25.2 Å². The van der Waals surface area contributed by atoms with Crippen LogP contribution in [0.5, 0.6) is 0 Å². The van der Waals surface area contributed by atoms with Crippen LogP contribution in [0.2, 0.25) is 0 Å². The molecule has 7 nitrogen and oxygen atoms in total. The lowest BCUT2D eigenvalue weighted by Crippen LogP contribution is -2.31. The van der Waals surface area contributed by atoms with Crippen LogP contribution in [0.25, 0.3) is 0 Å². The van der Waals surface area contributed by atoms with Gasteiger partial charge in [-0.05, 0) is 24.4 Å². The Kier molecular flexibility index (Phi) is 4.36. The maximum atomic E-state index is 12.2. The Balaban J connectivity index is 2.06. The van der Waals surface area contributed by atoms with Gasteiger partial charge in [0.05, 0.1) is 10.7 Å². The summed E-state index contributed by atoms with van der Waals surface area (Å²) >= 11 is 0. The minimum atomic E-state index is -3.38. The Labute approximate surface area is 117 Å². The molecule has 0 aliphatic carbocycles. The summed E-state index contributed by atoms with van der Waals surface area (Å²) in [5, 5.41) is 10.5. The molecule has 1 atom stereocenters. The molecule has 0 bridgehead atoms. The van der Waals surface area contributed by atoms with Gasteiger partial charge < -0.3 is 5.73 Å². The maximum Gasteiger partial charge on any atom is 0.269 e. The first-order chi connectivity index (χ1) is 9.42. The van der Waals surface area contributed by atoms with Gasteiger partial charge in [0.25, 0.3) is 5.69 Å². The van der Waals surface area contributed by atoms with Gasteiger partial charge in [0.1, 0.15) is 0 Å². The van der Waals surface area contributed by atoms with Crippen molar-refractivity contribution in [3.63, 3.8) is 0 Å². The van der Waals surface area contributed by atoms with E-state index in [-0.39, 0.29) is 17.4 Å². The SMILES string of the molecule is NCC1CCN(S(=O)(=O)Cc2ccc([N+](=O)[O-])cc2)C1. The van der Waals surface area contributed by atoms with Gasteiger partial charge in [0.2, 0.25) is 10.0 Å². The molecule has 0 spiro atoms. The number of benzene rings is 1. The summed E-state index contributed by atoms with van der Waals surface area (Å²) in [6, 6.07) is 5.59. The molecule has 1 heterocycles. The van der Waals surface area contributed by atoms with Gasteiger partial charge in [-0.25, -0.2) is 12.7 Å². The monoisotopic (exact) mass is 299 g/mol. The van der Waals surface area contributed by atoms with E-state index in [1.54, 1.807) is 0 Å². The summed E-state index contributed by atoms with van der Waals surface area (Å²) in [6.45, 7) is 1.45. The minimum absolute atomic E-state index is 0.0458. The Hall–Kier alpha value is -1.51. The number of hydrogen-bond donors (Lipinski definition) is 1. The number of nitrogens with two attached hydrogens (primary N) is 1. The third kappa shape index (κ3) is 3.33. The molecule has 1 unspecified atom stereocenters. The fourth-order valence-corrected chi connectivity index (χ4v) is 3.88. The molecule has 8 heteroatoms. The summed E-state index contributed by atoms with van der Waals surface area (Å²) in [5.74, 6) is 0.0871. The van der Waals surface area contributed by atoms with Crippen molar-refractivity contribution < 1.29 is 13.3 Å². The number of hydrogen-bond acceptors (Lipinski definition) is 5. The summed E-state index contributed by atoms with van der Waals surface area (Å²) in [6.07, 6.45) is 0.788. The van der Waals surface area contributed by atoms with Gasteiger partial charge in [0.15, 0.2) is 0 Å². The zero-order valence-electron chi connectivity index (χ0n) is 10.9. The number of rotatable bonds is 5. The van der Waals surface area contributed by atoms with Crippen LogP contribution < -0.4 is 5.73 Å². The lowest BCUT2D eigenvalue weighted by molar-refractivity contribution is -0.384. The first-order valence-corrected chi connectivity index (χ1v) is 7.94. The van der Waals surface area contributed by atoms with Crippen LogP contribution in [0.3, 0.4) is 0 Å². The molecule has 110 valence electrons. The molecule has 0 amide bonds. The number of nitrogens with zero attached hydrogens (tertiary/aromatic N) is 2. The standard InChI is InChI=1S/C12H17N3O4S/c13-7-11-5-6-14(8-11)20(18,19)9-10-1-3-12(4-2-10)15(16)17/h1-4,11H,5-9,13H2. The normalized spacial score (nSPS) is 20.1. The predicted molar refractivity (Wildman–Crippen MR) is 74.5 cm³/mol. The molecule has 1 fully saturated rings. The highest BCUT2D eigenvalue weighted by molar-refractivity contribution is 7.88. The second-order valence-electron chi connectivity index (χ2n) is 4.93. The third-order valence-corrected chi connectivity index (χ3v) is 5.29. The number of non-ortho nitro benzene ring substituents is 1. The summed E-state index contributed by atoms with van der Waals surface area (Å²) in [7, 11) is -3.38. The summed E-state index contributed by atoms with van der Waals surface area (Å²) in [4.78, 5) is 10.0. The molecule has 0 saturated carbocycles. The fraction of sp³-hybridized carbons (Fsp3) is 0.500. The Morgan fingerprint density at radius 1 is 1.35 bits per heavy atom. The van der Waals surface area contributed by atoms with Crippen LogP contribution in [0.1, 0.15) is 12.0 Å². The summed E-state index contributed by atoms with van der Waals surface area (Å²) in [5.41, 5.74) is 6.05. The first kappa shape index (κ1) is 14.9. The van der Waals surface area contributed by atoms with E-state index < -0.39 is 14.9 Å². The largest absolute Gasteiger partial charge is 0.330 e. The van der Waals surface area contributed by atoms with E-state index in [1.807, 2.05) is 0 Å². The van der Waals surface area contributed by atoms with Gasteiger partial charge in [0, 0.05) is 25.2 Å². The Morgan fingerprint density at radius 2 is 2.00 bits per heavy atom. The zero-order chi connectivity index (χ0) is 14.8. The molecular formula is C12H17N3O4S. The van der Waals surface area contributed by atoms with Crippen molar-refractivity contribution in [2.24, 2.45) is 11.7 Å².